The van der Waals surface area contributed by atoms with Crippen LogP contribution in [-0.2, 0) is 18.2 Å². The Morgan fingerprint density at radius 1 is 1.14 bits per heavy atom. The Hall–Kier alpha value is -3.58. The van der Waals surface area contributed by atoms with Crippen LogP contribution in [0.5, 0.6) is 0 Å². The molecule has 4 heterocycles. The number of morpholine rings is 1. The smallest absolute Gasteiger partial charge is 0.224 e. The van der Waals surface area contributed by atoms with E-state index < -0.39 is 0 Å². The number of pyridine rings is 1. The van der Waals surface area contributed by atoms with Crippen LogP contribution < -0.4 is 22.1 Å². The van der Waals surface area contributed by atoms with Crippen molar-refractivity contribution in [3.63, 3.8) is 0 Å². The molecular formula is C19H25N9O. The molecule has 1 fully saturated rings. The predicted molar refractivity (Wildman–Crippen MR) is 113 cm³/mol. The van der Waals surface area contributed by atoms with Gasteiger partial charge < -0.3 is 31.4 Å². The predicted octanol–water partition coefficient (Wildman–Crippen LogP) is 1.07. The van der Waals surface area contributed by atoms with Gasteiger partial charge in [0.15, 0.2) is 0 Å². The molecule has 0 amide bonds. The molecule has 152 valence electrons. The van der Waals surface area contributed by atoms with E-state index in [9.17, 15) is 0 Å². The van der Waals surface area contributed by atoms with Gasteiger partial charge in [0.05, 0.1) is 35.6 Å². The summed E-state index contributed by atoms with van der Waals surface area (Å²) in [6.45, 7) is 5.72. The Morgan fingerprint density at radius 2 is 1.79 bits per heavy atom. The van der Waals surface area contributed by atoms with E-state index in [0.717, 1.165) is 38.2 Å². The SMILES string of the molecule is CCc1nc2ccn(C)c2cc1N1CCOCC1.N#Cc1c(N)nc(N)nc1N. The van der Waals surface area contributed by atoms with Crippen molar-refractivity contribution >= 4 is 34.3 Å². The lowest BCUT2D eigenvalue weighted by atomic mass is 10.2. The molecule has 3 aromatic heterocycles. The number of anilines is 4. The second kappa shape index (κ2) is 8.62. The van der Waals surface area contributed by atoms with E-state index in [1.807, 2.05) is 0 Å². The standard InChI is InChI=1S/C14H19N3O.C5H6N6/c1-3-11-14(17-6-8-18-9-7-17)10-13-12(15-11)4-5-16(13)2;6-1-2-3(7)10-5(9)11-4(2)8/h4-5,10H,3,6-9H2,1-2H3;(H6,7,8,9,10,11). The van der Waals surface area contributed by atoms with Crippen LogP contribution in [-0.4, -0.2) is 45.8 Å². The van der Waals surface area contributed by atoms with Gasteiger partial charge in [0.1, 0.15) is 23.3 Å². The lowest BCUT2D eigenvalue weighted by Crippen LogP contribution is -2.37. The molecule has 0 spiro atoms. The van der Waals surface area contributed by atoms with Crippen molar-refractivity contribution in [1.29, 1.82) is 5.26 Å². The first-order valence-electron chi connectivity index (χ1n) is 9.30. The van der Waals surface area contributed by atoms with Crippen molar-refractivity contribution in [2.75, 3.05) is 48.4 Å². The number of nitrogen functional groups attached to an aromatic ring is 3. The van der Waals surface area contributed by atoms with E-state index in [-0.39, 0.29) is 23.1 Å². The number of hydrogen-bond donors (Lipinski definition) is 3. The topological polar surface area (TPSA) is 158 Å². The Morgan fingerprint density at radius 3 is 2.38 bits per heavy atom. The van der Waals surface area contributed by atoms with Crippen LogP contribution in [0.1, 0.15) is 18.2 Å². The van der Waals surface area contributed by atoms with Gasteiger partial charge in [-0.05, 0) is 18.6 Å². The average Bonchev–Trinajstić information content (AvgIpc) is 3.08. The maximum absolute atomic E-state index is 8.46. The van der Waals surface area contributed by atoms with Crippen molar-refractivity contribution in [2.24, 2.45) is 7.05 Å². The fourth-order valence-electron chi connectivity index (χ4n) is 3.18. The number of nitrogens with zero attached hydrogens (tertiary/aromatic N) is 6. The van der Waals surface area contributed by atoms with E-state index in [1.54, 1.807) is 6.07 Å². The van der Waals surface area contributed by atoms with Gasteiger partial charge in [0, 0.05) is 26.3 Å². The molecule has 4 rings (SSSR count). The zero-order valence-electron chi connectivity index (χ0n) is 16.6. The Labute approximate surface area is 168 Å². The number of fused-ring (bicyclic) bond motifs is 1. The van der Waals surface area contributed by atoms with Gasteiger partial charge in [-0.1, -0.05) is 6.92 Å². The molecular weight excluding hydrogens is 370 g/mol. The maximum Gasteiger partial charge on any atom is 0.224 e. The van der Waals surface area contributed by atoms with Crippen LogP contribution in [0.2, 0.25) is 0 Å². The van der Waals surface area contributed by atoms with Gasteiger partial charge in [0.25, 0.3) is 0 Å². The van der Waals surface area contributed by atoms with Gasteiger partial charge in [-0.3, -0.25) is 0 Å². The number of hydrogen-bond acceptors (Lipinski definition) is 9. The summed E-state index contributed by atoms with van der Waals surface area (Å²) in [7, 11) is 2.07. The number of rotatable bonds is 2. The molecule has 10 nitrogen and oxygen atoms in total. The normalized spacial score (nSPS) is 13.6. The molecule has 6 N–H and O–H groups in total. The van der Waals surface area contributed by atoms with Crippen molar-refractivity contribution in [3.05, 3.63) is 29.6 Å². The number of ether oxygens (including phenoxy) is 1. The van der Waals surface area contributed by atoms with Crippen molar-refractivity contribution < 1.29 is 4.74 Å². The second-order valence-corrected chi connectivity index (χ2v) is 6.58. The number of nitriles is 1. The summed E-state index contributed by atoms with van der Waals surface area (Å²) in [5, 5.41) is 8.46. The molecule has 0 unspecified atom stereocenters. The number of nitrogens with two attached hydrogens (primary N) is 3. The Balaban J connectivity index is 0.000000188. The minimum Gasteiger partial charge on any atom is -0.382 e. The highest BCUT2D eigenvalue weighted by atomic mass is 16.5. The molecule has 0 radical (unpaired) electrons. The molecule has 1 saturated heterocycles. The third-order valence-electron chi connectivity index (χ3n) is 4.70. The van der Waals surface area contributed by atoms with Crippen molar-refractivity contribution in [1.82, 2.24) is 19.5 Å². The van der Waals surface area contributed by atoms with Gasteiger partial charge in [0.2, 0.25) is 5.95 Å². The summed E-state index contributed by atoms with van der Waals surface area (Å²) in [6, 6.07) is 6.11. The van der Waals surface area contributed by atoms with Crippen LogP contribution in [0.15, 0.2) is 18.3 Å². The van der Waals surface area contributed by atoms with Crippen LogP contribution in [0.3, 0.4) is 0 Å². The molecule has 29 heavy (non-hydrogen) atoms. The fourth-order valence-corrected chi connectivity index (χ4v) is 3.18. The zero-order chi connectivity index (χ0) is 21.0. The van der Waals surface area contributed by atoms with Crippen LogP contribution in [0, 0.1) is 11.3 Å². The highest BCUT2D eigenvalue weighted by molar-refractivity contribution is 5.80. The summed E-state index contributed by atoms with van der Waals surface area (Å²) in [5.41, 5.74) is 20.6. The summed E-state index contributed by atoms with van der Waals surface area (Å²) in [5.74, 6) is -0.00556. The van der Waals surface area contributed by atoms with Crippen LogP contribution in [0.4, 0.5) is 23.3 Å². The summed E-state index contributed by atoms with van der Waals surface area (Å²) in [6.07, 6.45) is 3.04. The lowest BCUT2D eigenvalue weighted by Gasteiger charge is -2.30. The summed E-state index contributed by atoms with van der Waals surface area (Å²) >= 11 is 0. The van der Waals surface area contributed by atoms with E-state index in [4.69, 9.17) is 32.2 Å². The highest BCUT2D eigenvalue weighted by Gasteiger charge is 2.16. The quantitative estimate of drug-likeness (QED) is 0.577. The lowest BCUT2D eigenvalue weighted by molar-refractivity contribution is 0.122. The first kappa shape index (κ1) is 20.2. The summed E-state index contributed by atoms with van der Waals surface area (Å²) < 4.78 is 7.55. The van der Waals surface area contributed by atoms with E-state index >= 15 is 0 Å². The molecule has 10 heteroatoms. The minimum atomic E-state index is -0.0287. The van der Waals surface area contributed by atoms with E-state index in [0.29, 0.717) is 0 Å². The molecule has 0 aliphatic carbocycles. The molecule has 1 aliphatic rings. The molecule has 0 aromatic carbocycles. The fraction of sp³-hybridized carbons (Fsp3) is 0.368. The largest absolute Gasteiger partial charge is 0.382 e. The molecule has 0 bridgehead atoms. The number of aryl methyl sites for hydroxylation is 2. The van der Waals surface area contributed by atoms with Crippen molar-refractivity contribution in [2.45, 2.75) is 13.3 Å². The van der Waals surface area contributed by atoms with Crippen LogP contribution >= 0.6 is 0 Å². The highest BCUT2D eigenvalue weighted by Crippen LogP contribution is 2.26. The number of aromatic nitrogens is 4. The first-order valence-corrected chi connectivity index (χ1v) is 9.30. The molecule has 0 atom stereocenters. The third-order valence-corrected chi connectivity index (χ3v) is 4.70. The van der Waals surface area contributed by atoms with Gasteiger partial charge in [-0.25, -0.2) is 4.98 Å². The third kappa shape index (κ3) is 4.30. The van der Waals surface area contributed by atoms with E-state index in [1.165, 1.54) is 16.9 Å². The Bertz CT molecular complexity index is 1020. The van der Waals surface area contributed by atoms with E-state index in [2.05, 4.69) is 51.7 Å². The van der Waals surface area contributed by atoms with Gasteiger partial charge in [-0.15, -0.1) is 0 Å². The summed E-state index contributed by atoms with van der Waals surface area (Å²) in [4.78, 5) is 14.3. The average molecular weight is 395 g/mol. The van der Waals surface area contributed by atoms with Gasteiger partial charge in [-0.2, -0.15) is 15.2 Å². The molecule has 3 aromatic rings. The van der Waals surface area contributed by atoms with Crippen molar-refractivity contribution in [3.8, 4) is 6.07 Å². The minimum absolute atomic E-state index is 0.0116. The monoisotopic (exact) mass is 395 g/mol. The Kier molecular flexibility index (Phi) is 5.99. The van der Waals surface area contributed by atoms with Gasteiger partial charge >= 0.3 is 0 Å². The molecule has 0 saturated carbocycles. The maximum atomic E-state index is 8.46. The van der Waals surface area contributed by atoms with Crippen LogP contribution in [0.25, 0.3) is 11.0 Å². The molecule has 1 aliphatic heterocycles. The zero-order valence-corrected chi connectivity index (χ0v) is 16.6. The second-order valence-electron chi connectivity index (χ2n) is 6.58. The first-order chi connectivity index (χ1) is 13.9.